The molecule has 1 heterocycles. The molecule has 0 bridgehead atoms. The SMILES string of the molecule is Cc1ccc2c(c1)C1(CC1)c1[nH]c(C)nc1-2. The van der Waals surface area contributed by atoms with Crippen LogP contribution in [0.5, 0.6) is 0 Å². The van der Waals surface area contributed by atoms with Crippen LogP contribution in [0.25, 0.3) is 11.3 Å². The van der Waals surface area contributed by atoms with Crippen LogP contribution in [0.4, 0.5) is 0 Å². The Morgan fingerprint density at radius 3 is 2.81 bits per heavy atom. The number of nitrogens with one attached hydrogen (secondary N) is 1. The molecule has 2 heteroatoms. The van der Waals surface area contributed by atoms with Crippen LogP contribution in [0.3, 0.4) is 0 Å². The van der Waals surface area contributed by atoms with Crippen LogP contribution in [0.15, 0.2) is 18.2 Å². The number of nitrogens with zero attached hydrogens (tertiary/aromatic N) is 1. The molecule has 1 fully saturated rings. The van der Waals surface area contributed by atoms with Crippen LogP contribution in [-0.4, -0.2) is 9.97 Å². The highest BCUT2D eigenvalue weighted by Gasteiger charge is 2.54. The maximum Gasteiger partial charge on any atom is 0.103 e. The topological polar surface area (TPSA) is 28.7 Å². The first kappa shape index (κ1) is 8.57. The molecule has 0 radical (unpaired) electrons. The predicted molar refractivity (Wildman–Crippen MR) is 63.5 cm³/mol. The highest BCUT2D eigenvalue weighted by molar-refractivity contribution is 5.79. The normalized spacial score (nSPS) is 18.6. The van der Waals surface area contributed by atoms with Crippen molar-refractivity contribution >= 4 is 0 Å². The van der Waals surface area contributed by atoms with Gasteiger partial charge in [0, 0.05) is 11.0 Å². The largest absolute Gasteiger partial charge is 0.345 e. The molecule has 2 aliphatic carbocycles. The van der Waals surface area contributed by atoms with Gasteiger partial charge in [0.1, 0.15) is 5.82 Å². The van der Waals surface area contributed by atoms with Gasteiger partial charge in [-0.3, -0.25) is 0 Å². The van der Waals surface area contributed by atoms with E-state index >= 15 is 0 Å². The zero-order chi connectivity index (χ0) is 10.9. The van der Waals surface area contributed by atoms with Crippen LogP contribution in [0.2, 0.25) is 0 Å². The summed E-state index contributed by atoms with van der Waals surface area (Å²) in [5.41, 5.74) is 7.07. The Morgan fingerprint density at radius 1 is 1.25 bits per heavy atom. The number of aromatic nitrogens is 2. The molecule has 1 spiro atoms. The maximum atomic E-state index is 4.64. The molecule has 0 saturated heterocycles. The van der Waals surface area contributed by atoms with Gasteiger partial charge in [-0.2, -0.15) is 0 Å². The molecule has 80 valence electrons. The zero-order valence-electron chi connectivity index (χ0n) is 9.59. The van der Waals surface area contributed by atoms with Gasteiger partial charge in [-0.15, -0.1) is 0 Å². The second-order valence-electron chi connectivity index (χ2n) is 5.18. The summed E-state index contributed by atoms with van der Waals surface area (Å²) in [7, 11) is 0. The molecule has 0 unspecified atom stereocenters. The van der Waals surface area contributed by atoms with Crippen molar-refractivity contribution in [1.82, 2.24) is 9.97 Å². The van der Waals surface area contributed by atoms with E-state index in [0.717, 1.165) is 5.82 Å². The number of aryl methyl sites for hydroxylation is 2. The monoisotopic (exact) mass is 210 g/mol. The average Bonchev–Trinajstić information content (AvgIpc) is 2.91. The predicted octanol–water partition coefficient (Wildman–Crippen LogP) is 3.09. The summed E-state index contributed by atoms with van der Waals surface area (Å²) in [6.07, 6.45) is 2.55. The van der Waals surface area contributed by atoms with E-state index in [0.29, 0.717) is 5.41 Å². The van der Waals surface area contributed by atoms with Gasteiger partial charge in [0.25, 0.3) is 0 Å². The fraction of sp³-hybridized carbons (Fsp3) is 0.357. The Balaban J connectivity index is 2.10. The van der Waals surface area contributed by atoms with Crippen LogP contribution >= 0.6 is 0 Å². The van der Waals surface area contributed by atoms with Gasteiger partial charge >= 0.3 is 0 Å². The summed E-state index contributed by atoms with van der Waals surface area (Å²) >= 11 is 0. The summed E-state index contributed by atoms with van der Waals surface area (Å²) in [5.74, 6) is 1.04. The number of rotatable bonds is 0. The minimum atomic E-state index is 0.304. The molecule has 2 aliphatic rings. The minimum absolute atomic E-state index is 0.304. The van der Waals surface area contributed by atoms with Crippen molar-refractivity contribution in [2.24, 2.45) is 0 Å². The smallest absolute Gasteiger partial charge is 0.103 e. The first-order valence-electron chi connectivity index (χ1n) is 5.89. The molecular weight excluding hydrogens is 196 g/mol. The third-order valence-corrected chi connectivity index (χ3v) is 4.00. The van der Waals surface area contributed by atoms with Crippen molar-refractivity contribution in [3.63, 3.8) is 0 Å². The van der Waals surface area contributed by atoms with Gasteiger partial charge in [-0.25, -0.2) is 4.98 Å². The Labute approximate surface area is 94.7 Å². The number of imidazole rings is 1. The summed E-state index contributed by atoms with van der Waals surface area (Å²) in [4.78, 5) is 8.11. The molecule has 4 rings (SSSR count). The summed E-state index contributed by atoms with van der Waals surface area (Å²) < 4.78 is 0. The lowest BCUT2D eigenvalue weighted by Crippen LogP contribution is -2.05. The molecule has 1 aromatic carbocycles. The molecule has 1 N–H and O–H groups in total. The second-order valence-corrected chi connectivity index (χ2v) is 5.18. The van der Waals surface area contributed by atoms with Gasteiger partial charge in [-0.05, 0) is 32.3 Å². The van der Waals surface area contributed by atoms with E-state index < -0.39 is 0 Å². The number of fused-ring (bicyclic) bond motifs is 5. The van der Waals surface area contributed by atoms with E-state index in [1.54, 1.807) is 0 Å². The number of aromatic amines is 1. The van der Waals surface area contributed by atoms with Gasteiger partial charge in [0.05, 0.1) is 11.4 Å². The lowest BCUT2D eigenvalue weighted by molar-refractivity contribution is 0.834. The Bertz CT molecular complexity index is 603. The van der Waals surface area contributed by atoms with Crippen LogP contribution < -0.4 is 0 Å². The Hall–Kier alpha value is -1.57. The molecule has 0 amide bonds. The highest BCUT2D eigenvalue weighted by atomic mass is 15.0. The maximum absolute atomic E-state index is 4.64. The van der Waals surface area contributed by atoms with E-state index in [1.165, 1.54) is 40.9 Å². The molecule has 2 aromatic rings. The molecule has 2 nitrogen and oxygen atoms in total. The lowest BCUT2D eigenvalue weighted by atomic mass is 9.95. The lowest BCUT2D eigenvalue weighted by Gasteiger charge is -2.09. The van der Waals surface area contributed by atoms with Crippen molar-refractivity contribution in [2.75, 3.05) is 0 Å². The fourth-order valence-electron chi connectivity index (χ4n) is 3.07. The summed E-state index contributed by atoms with van der Waals surface area (Å²) in [6.45, 7) is 4.21. The van der Waals surface area contributed by atoms with Gasteiger partial charge < -0.3 is 4.98 Å². The third-order valence-electron chi connectivity index (χ3n) is 4.00. The van der Waals surface area contributed by atoms with E-state index in [-0.39, 0.29) is 0 Å². The Kier molecular flexibility index (Phi) is 1.28. The van der Waals surface area contributed by atoms with E-state index in [2.05, 4.69) is 35.1 Å². The summed E-state index contributed by atoms with van der Waals surface area (Å²) in [5, 5.41) is 0. The van der Waals surface area contributed by atoms with Crippen molar-refractivity contribution in [3.05, 3.63) is 40.8 Å². The van der Waals surface area contributed by atoms with Gasteiger partial charge in [-0.1, -0.05) is 23.8 Å². The second kappa shape index (κ2) is 2.40. The first-order valence-corrected chi connectivity index (χ1v) is 5.89. The highest BCUT2D eigenvalue weighted by Crippen LogP contribution is 2.61. The summed E-state index contributed by atoms with van der Waals surface area (Å²) in [6, 6.07) is 6.76. The molecule has 16 heavy (non-hydrogen) atoms. The quantitative estimate of drug-likeness (QED) is 0.711. The van der Waals surface area contributed by atoms with Crippen molar-refractivity contribution < 1.29 is 0 Å². The molecule has 1 saturated carbocycles. The molecule has 0 aliphatic heterocycles. The molecule has 1 aromatic heterocycles. The van der Waals surface area contributed by atoms with Gasteiger partial charge in [0.2, 0.25) is 0 Å². The molecule has 0 atom stereocenters. The van der Waals surface area contributed by atoms with Crippen LogP contribution in [0.1, 0.15) is 35.5 Å². The number of H-pyrrole nitrogens is 1. The Morgan fingerprint density at radius 2 is 2.06 bits per heavy atom. The van der Waals surface area contributed by atoms with Crippen molar-refractivity contribution in [3.8, 4) is 11.3 Å². The first-order chi connectivity index (χ1) is 7.71. The third kappa shape index (κ3) is 0.823. The van der Waals surface area contributed by atoms with E-state index in [4.69, 9.17) is 0 Å². The van der Waals surface area contributed by atoms with Crippen molar-refractivity contribution in [1.29, 1.82) is 0 Å². The van der Waals surface area contributed by atoms with E-state index in [1.807, 2.05) is 6.92 Å². The van der Waals surface area contributed by atoms with Crippen LogP contribution in [0, 0.1) is 13.8 Å². The zero-order valence-corrected chi connectivity index (χ0v) is 9.59. The minimum Gasteiger partial charge on any atom is -0.345 e. The average molecular weight is 210 g/mol. The van der Waals surface area contributed by atoms with Crippen molar-refractivity contribution in [2.45, 2.75) is 32.1 Å². The van der Waals surface area contributed by atoms with Crippen LogP contribution in [-0.2, 0) is 5.41 Å². The molecular formula is C14H14N2. The fourth-order valence-corrected chi connectivity index (χ4v) is 3.07. The van der Waals surface area contributed by atoms with Gasteiger partial charge in [0.15, 0.2) is 0 Å². The standard InChI is InChI=1S/C14H14N2/c1-8-3-4-10-11(7-8)14(5-6-14)13-12(10)15-9(2)16-13/h3-4,7H,5-6H2,1-2H3,(H,15,16). The van der Waals surface area contributed by atoms with E-state index in [9.17, 15) is 0 Å². The number of hydrogen-bond donors (Lipinski definition) is 1. The number of benzene rings is 1. The number of hydrogen-bond acceptors (Lipinski definition) is 1.